The molecule has 0 heterocycles. The van der Waals surface area contributed by atoms with Crippen LogP contribution >= 0.6 is 0 Å². The van der Waals surface area contributed by atoms with Gasteiger partial charge in [0.2, 0.25) is 0 Å². The SMILES string of the molecule is C=CC(N)C1C=Cc2ccccc21. The minimum Gasteiger partial charge on any atom is -0.324 e. The van der Waals surface area contributed by atoms with Crippen LogP contribution < -0.4 is 5.73 Å². The molecule has 66 valence electrons. The average Bonchev–Trinajstić information content (AvgIpc) is 2.60. The van der Waals surface area contributed by atoms with Crippen molar-refractivity contribution in [1.82, 2.24) is 0 Å². The highest BCUT2D eigenvalue weighted by Gasteiger charge is 2.20. The van der Waals surface area contributed by atoms with E-state index in [1.807, 2.05) is 6.07 Å². The Bertz CT molecular complexity index is 352. The van der Waals surface area contributed by atoms with E-state index in [4.69, 9.17) is 5.73 Å². The number of hydrogen-bond donors (Lipinski definition) is 1. The molecule has 0 fully saturated rings. The molecule has 1 aromatic carbocycles. The number of nitrogens with two attached hydrogens (primary N) is 1. The van der Waals surface area contributed by atoms with Gasteiger partial charge in [0.15, 0.2) is 0 Å². The van der Waals surface area contributed by atoms with E-state index >= 15 is 0 Å². The van der Waals surface area contributed by atoms with E-state index in [1.54, 1.807) is 6.08 Å². The molecule has 2 rings (SSSR count). The predicted octanol–water partition coefficient (Wildman–Crippen LogP) is 2.31. The van der Waals surface area contributed by atoms with Crippen molar-refractivity contribution in [2.24, 2.45) is 5.73 Å². The van der Waals surface area contributed by atoms with Gasteiger partial charge >= 0.3 is 0 Å². The van der Waals surface area contributed by atoms with Gasteiger partial charge < -0.3 is 5.73 Å². The number of fused-ring (bicyclic) bond motifs is 1. The van der Waals surface area contributed by atoms with E-state index in [0.29, 0.717) is 5.92 Å². The van der Waals surface area contributed by atoms with Crippen molar-refractivity contribution in [3.63, 3.8) is 0 Å². The molecule has 0 saturated carbocycles. The first-order valence-corrected chi connectivity index (χ1v) is 4.48. The van der Waals surface area contributed by atoms with Crippen LogP contribution in [0.3, 0.4) is 0 Å². The predicted molar refractivity (Wildman–Crippen MR) is 56.4 cm³/mol. The van der Waals surface area contributed by atoms with Gasteiger partial charge in [-0.2, -0.15) is 0 Å². The smallest absolute Gasteiger partial charge is 0.0326 e. The fourth-order valence-electron chi connectivity index (χ4n) is 1.76. The third-order valence-corrected chi connectivity index (χ3v) is 2.53. The van der Waals surface area contributed by atoms with Gasteiger partial charge in [-0.3, -0.25) is 0 Å². The maximum atomic E-state index is 5.92. The monoisotopic (exact) mass is 171 g/mol. The molecular formula is C12H13N. The summed E-state index contributed by atoms with van der Waals surface area (Å²) in [6.07, 6.45) is 6.08. The summed E-state index contributed by atoms with van der Waals surface area (Å²) in [7, 11) is 0. The highest BCUT2D eigenvalue weighted by molar-refractivity contribution is 5.63. The summed E-state index contributed by atoms with van der Waals surface area (Å²) in [5.41, 5.74) is 8.52. The van der Waals surface area contributed by atoms with Crippen molar-refractivity contribution in [3.05, 3.63) is 54.1 Å². The molecule has 0 bridgehead atoms. The van der Waals surface area contributed by atoms with Crippen molar-refractivity contribution in [3.8, 4) is 0 Å². The molecule has 0 saturated heterocycles. The standard InChI is InChI=1S/C12H13N/c1-2-12(13)11-8-7-9-5-3-4-6-10(9)11/h2-8,11-12H,1,13H2. The van der Waals surface area contributed by atoms with Gasteiger partial charge in [0.1, 0.15) is 0 Å². The van der Waals surface area contributed by atoms with Crippen LogP contribution in [-0.4, -0.2) is 6.04 Å². The second-order valence-electron chi connectivity index (χ2n) is 3.33. The summed E-state index contributed by atoms with van der Waals surface area (Å²) in [5, 5.41) is 0. The molecule has 0 spiro atoms. The van der Waals surface area contributed by atoms with Crippen LogP contribution in [0.15, 0.2) is 43.0 Å². The maximum Gasteiger partial charge on any atom is 0.0326 e. The lowest BCUT2D eigenvalue weighted by Crippen LogP contribution is -2.23. The van der Waals surface area contributed by atoms with Crippen molar-refractivity contribution < 1.29 is 0 Å². The zero-order chi connectivity index (χ0) is 9.26. The summed E-state index contributed by atoms with van der Waals surface area (Å²) in [5.74, 6) is 0.314. The molecule has 0 radical (unpaired) electrons. The third kappa shape index (κ3) is 1.31. The minimum absolute atomic E-state index is 0.0277. The molecule has 1 aromatic rings. The molecule has 1 nitrogen and oxygen atoms in total. The lowest BCUT2D eigenvalue weighted by atomic mass is 9.94. The van der Waals surface area contributed by atoms with Crippen LogP contribution in [0.4, 0.5) is 0 Å². The zero-order valence-electron chi connectivity index (χ0n) is 7.48. The molecular weight excluding hydrogens is 158 g/mol. The van der Waals surface area contributed by atoms with Crippen LogP contribution in [0.25, 0.3) is 6.08 Å². The molecule has 2 N–H and O–H groups in total. The highest BCUT2D eigenvalue weighted by Crippen LogP contribution is 2.31. The van der Waals surface area contributed by atoms with E-state index in [1.165, 1.54) is 11.1 Å². The van der Waals surface area contributed by atoms with E-state index in [9.17, 15) is 0 Å². The van der Waals surface area contributed by atoms with Gasteiger partial charge in [-0.15, -0.1) is 6.58 Å². The maximum absolute atomic E-state index is 5.92. The Labute approximate surface area is 78.6 Å². The summed E-state index contributed by atoms with van der Waals surface area (Å²) in [6, 6.07) is 8.37. The van der Waals surface area contributed by atoms with Crippen LogP contribution in [0.2, 0.25) is 0 Å². The first-order chi connectivity index (χ1) is 6.33. The number of benzene rings is 1. The van der Waals surface area contributed by atoms with Crippen LogP contribution in [0.5, 0.6) is 0 Å². The Kier molecular flexibility index (Phi) is 2.03. The van der Waals surface area contributed by atoms with Crippen molar-refractivity contribution in [1.29, 1.82) is 0 Å². The fourth-order valence-corrected chi connectivity index (χ4v) is 1.76. The topological polar surface area (TPSA) is 26.0 Å². The molecule has 1 heteroatoms. The number of hydrogen-bond acceptors (Lipinski definition) is 1. The van der Waals surface area contributed by atoms with Gasteiger partial charge in [0.25, 0.3) is 0 Å². The van der Waals surface area contributed by atoms with Crippen molar-refractivity contribution in [2.75, 3.05) is 0 Å². The van der Waals surface area contributed by atoms with Gasteiger partial charge in [-0.05, 0) is 11.1 Å². The van der Waals surface area contributed by atoms with Crippen LogP contribution in [0, 0.1) is 0 Å². The Morgan fingerprint density at radius 1 is 1.38 bits per heavy atom. The first-order valence-electron chi connectivity index (χ1n) is 4.48. The third-order valence-electron chi connectivity index (χ3n) is 2.53. The minimum atomic E-state index is 0.0277. The van der Waals surface area contributed by atoms with E-state index in [2.05, 4.69) is 36.9 Å². The Morgan fingerprint density at radius 2 is 2.15 bits per heavy atom. The van der Waals surface area contributed by atoms with E-state index in [0.717, 1.165) is 0 Å². The van der Waals surface area contributed by atoms with Crippen LogP contribution in [-0.2, 0) is 0 Å². The summed E-state index contributed by atoms with van der Waals surface area (Å²) in [4.78, 5) is 0. The Morgan fingerprint density at radius 3 is 2.92 bits per heavy atom. The lowest BCUT2D eigenvalue weighted by molar-refractivity contribution is 0.731. The molecule has 1 aliphatic carbocycles. The van der Waals surface area contributed by atoms with Gasteiger partial charge in [0.05, 0.1) is 0 Å². The van der Waals surface area contributed by atoms with E-state index in [-0.39, 0.29) is 6.04 Å². The first kappa shape index (κ1) is 8.27. The second-order valence-corrected chi connectivity index (χ2v) is 3.33. The average molecular weight is 171 g/mol. The molecule has 0 amide bonds. The summed E-state index contributed by atoms with van der Waals surface area (Å²) >= 11 is 0. The summed E-state index contributed by atoms with van der Waals surface area (Å²) < 4.78 is 0. The highest BCUT2D eigenvalue weighted by atomic mass is 14.6. The fraction of sp³-hybridized carbons (Fsp3) is 0.167. The molecule has 13 heavy (non-hydrogen) atoms. The molecule has 0 aliphatic heterocycles. The quantitative estimate of drug-likeness (QED) is 0.679. The zero-order valence-corrected chi connectivity index (χ0v) is 7.48. The lowest BCUT2D eigenvalue weighted by Gasteiger charge is -2.15. The largest absolute Gasteiger partial charge is 0.324 e. The van der Waals surface area contributed by atoms with Crippen molar-refractivity contribution in [2.45, 2.75) is 12.0 Å². The molecule has 1 aliphatic rings. The normalized spacial score (nSPS) is 21.2. The van der Waals surface area contributed by atoms with Crippen molar-refractivity contribution >= 4 is 6.08 Å². The van der Waals surface area contributed by atoms with Gasteiger partial charge in [0, 0.05) is 12.0 Å². The van der Waals surface area contributed by atoms with Gasteiger partial charge in [-0.1, -0.05) is 42.5 Å². The molecule has 0 aromatic heterocycles. The van der Waals surface area contributed by atoms with Crippen LogP contribution in [0.1, 0.15) is 17.0 Å². The molecule has 2 atom stereocenters. The summed E-state index contributed by atoms with van der Waals surface area (Å²) in [6.45, 7) is 3.72. The van der Waals surface area contributed by atoms with E-state index < -0.39 is 0 Å². The van der Waals surface area contributed by atoms with Gasteiger partial charge in [-0.25, -0.2) is 0 Å². The number of rotatable bonds is 2. The Hall–Kier alpha value is -1.34. The Balaban J connectivity index is 2.38. The second kappa shape index (κ2) is 3.19. The molecule has 2 unspecified atom stereocenters.